The van der Waals surface area contributed by atoms with Crippen LogP contribution in [0.5, 0.6) is 5.75 Å². The van der Waals surface area contributed by atoms with Crippen molar-refractivity contribution >= 4 is 17.3 Å². The summed E-state index contributed by atoms with van der Waals surface area (Å²) in [4.78, 5) is 24.6. The molecule has 2 aromatic carbocycles. The number of benzene rings is 2. The summed E-state index contributed by atoms with van der Waals surface area (Å²) in [5.41, 5.74) is 1.45. The summed E-state index contributed by atoms with van der Waals surface area (Å²) in [5.74, 6) is 0.0543. The maximum atomic E-state index is 12.3. The molecule has 0 heterocycles. The molecule has 1 amide bonds. The molecule has 7 heteroatoms. The smallest absolute Gasteiger partial charge is 0.273 e. The number of nitrogens with one attached hydrogen (secondary N) is 1. The summed E-state index contributed by atoms with van der Waals surface area (Å²) in [7, 11) is 1.41. The van der Waals surface area contributed by atoms with Crippen LogP contribution in [0.3, 0.4) is 0 Å². The molecule has 7 nitrogen and oxygen atoms in total. The van der Waals surface area contributed by atoms with E-state index in [-0.39, 0.29) is 23.9 Å². The van der Waals surface area contributed by atoms with Crippen LogP contribution in [0.25, 0.3) is 0 Å². The van der Waals surface area contributed by atoms with Crippen LogP contribution in [0.1, 0.15) is 12.5 Å². The van der Waals surface area contributed by atoms with Gasteiger partial charge < -0.3 is 10.1 Å². The first-order valence-corrected chi connectivity index (χ1v) is 7.92. The molecule has 25 heavy (non-hydrogen) atoms. The lowest BCUT2D eigenvalue weighted by Crippen LogP contribution is -2.32. The maximum absolute atomic E-state index is 12.3. The molecule has 2 aromatic rings. The van der Waals surface area contributed by atoms with Crippen LogP contribution in [-0.4, -0.2) is 35.9 Å². The van der Waals surface area contributed by atoms with Crippen molar-refractivity contribution in [3.05, 3.63) is 64.2 Å². The number of hydrogen-bond donors (Lipinski definition) is 1. The van der Waals surface area contributed by atoms with Crippen LogP contribution in [0.2, 0.25) is 0 Å². The Bertz CT molecular complexity index is 734. The van der Waals surface area contributed by atoms with Gasteiger partial charge in [0.05, 0.1) is 30.3 Å². The van der Waals surface area contributed by atoms with E-state index >= 15 is 0 Å². The summed E-state index contributed by atoms with van der Waals surface area (Å²) in [6.45, 7) is 3.59. The van der Waals surface area contributed by atoms with Gasteiger partial charge in [0.2, 0.25) is 5.91 Å². The van der Waals surface area contributed by atoms with Crippen LogP contribution in [-0.2, 0) is 11.3 Å². The number of non-ortho nitro benzene ring substituents is 1. The molecule has 132 valence electrons. The predicted molar refractivity (Wildman–Crippen MR) is 95.7 cm³/mol. The van der Waals surface area contributed by atoms with Crippen molar-refractivity contribution in [1.29, 1.82) is 0 Å². The van der Waals surface area contributed by atoms with Crippen molar-refractivity contribution in [1.82, 2.24) is 4.90 Å². The van der Waals surface area contributed by atoms with Crippen LogP contribution in [0.15, 0.2) is 48.5 Å². The van der Waals surface area contributed by atoms with Crippen molar-refractivity contribution in [3.63, 3.8) is 0 Å². The van der Waals surface area contributed by atoms with E-state index in [1.165, 1.54) is 25.3 Å². The van der Waals surface area contributed by atoms with Gasteiger partial charge >= 0.3 is 0 Å². The Balaban J connectivity index is 2.02. The molecule has 0 spiro atoms. The van der Waals surface area contributed by atoms with E-state index in [0.29, 0.717) is 12.2 Å². The van der Waals surface area contributed by atoms with Gasteiger partial charge in [-0.25, -0.2) is 0 Å². The fourth-order valence-corrected chi connectivity index (χ4v) is 2.41. The Morgan fingerprint density at radius 1 is 1.24 bits per heavy atom. The molecule has 2 rings (SSSR count). The van der Waals surface area contributed by atoms with Gasteiger partial charge in [0.1, 0.15) is 5.75 Å². The lowest BCUT2D eigenvalue weighted by Gasteiger charge is -2.20. The second kappa shape index (κ2) is 8.79. The Hall–Kier alpha value is -2.93. The van der Waals surface area contributed by atoms with E-state index in [0.717, 1.165) is 12.1 Å². The van der Waals surface area contributed by atoms with Crippen molar-refractivity contribution in [2.45, 2.75) is 13.5 Å². The monoisotopic (exact) mass is 343 g/mol. The van der Waals surface area contributed by atoms with E-state index in [2.05, 4.69) is 5.32 Å². The molecule has 0 aliphatic rings. The highest BCUT2D eigenvalue weighted by molar-refractivity contribution is 5.93. The van der Waals surface area contributed by atoms with Gasteiger partial charge in [-0.2, -0.15) is 0 Å². The highest BCUT2D eigenvalue weighted by Gasteiger charge is 2.15. The van der Waals surface area contributed by atoms with Crippen LogP contribution < -0.4 is 10.1 Å². The zero-order chi connectivity index (χ0) is 18.2. The largest absolute Gasteiger partial charge is 0.494 e. The van der Waals surface area contributed by atoms with E-state index in [9.17, 15) is 14.9 Å². The Morgan fingerprint density at radius 2 is 1.96 bits per heavy atom. The number of ether oxygens (including phenoxy) is 1. The number of carbonyl (C=O) groups is 1. The zero-order valence-corrected chi connectivity index (χ0v) is 14.3. The van der Waals surface area contributed by atoms with Gasteiger partial charge in [-0.15, -0.1) is 0 Å². The maximum Gasteiger partial charge on any atom is 0.273 e. The first-order valence-electron chi connectivity index (χ1n) is 7.92. The quantitative estimate of drug-likeness (QED) is 0.588. The number of anilines is 1. The normalized spacial score (nSPS) is 10.5. The number of nitro benzene ring substituents is 1. The third kappa shape index (κ3) is 5.29. The fourth-order valence-electron chi connectivity index (χ4n) is 2.41. The number of methoxy groups -OCH3 is 1. The van der Waals surface area contributed by atoms with Gasteiger partial charge in [-0.05, 0) is 18.2 Å². The standard InChI is InChI=1S/C18H21N3O4/c1-3-20(12-14-7-5-4-6-8-14)13-18(22)19-16-10-9-15(21(23)24)11-17(16)25-2/h4-11H,3,12-13H2,1-2H3,(H,19,22). The van der Waals surface area contributed by atoms with Crippen molar-refractivity contribution in [3.8, 4) is 5.75 Å². The summed E-state index contributed by atoms with van der Waals surface area (Å²) in [6, 6.07) is 14.0. The summed E-state index contributed by atoms with van der Waals surface area (Å²) < 4.78 is 5.13. The second-order valence-corrected chi connectivity index (χ2v) is 5.48. The van der Waals surface area contributed by atoms with Crippen molar-refractivity contribution < 1.29 is 14.5 Å². The summed E-state index contributed by atoms with van der Waals surface area (Å²) in [6.07, 6.45) is 0. The molecule has 0 radical (unpaired) electrons. The molecule has 0 bridgehead atoms. The SMILES string of the molecule is CCN(CC(=O)Nc1ccc([N+](=O)[O-])cc1OC)Cc1ccccc1. The highest BCUT2D eigenvalue weighted by Crippen LogP contribution is 2.28. The molecule has 0 unspecified atom stereocenters. The Labute approximate surface area is 146 Å². The number of nitro groups is 1. The van der Waals surface area contributed by atoms with E-state index in [4.69, 9.17) is 4.74 Å². The molecular weight excluding hydrogens is 322 g/mol. The van der Waals surface area contributed by atoms with Crippen molar-refractivity contribution in [2.24, 2.45) is 0 Å². The van der Waals surface area contributed by atoms with E-state index < -0.39 is 4.92 Å². The average Bonchev–Trinajstić information content (AvgIpc) is 2.62. The van der Waals surface area contributed by atoms with Gasteiger partial charge in [0.15, 0.2) is 0 Å². The average molecular weight is 343 g/mol. The molecule has 0 saturated heterocycles. The minimum absolute atomic E-state index is 0.0888. The number of carbonyl (C=O) groups excluding carboxylic acids is 1. The molecule has 0 aromatic heterocycles. The lowest BCUT2D eigenvalue weighted by atomic mass is 10.2. The first-order chi connectivity index (χ1) is 12.0. The molecule has 1 N–H and O–H groups in total. The summed E-state index contributed by atoms with van der Waals surface area (Å²) >= 11 is 0. The van der Waals surface area contributed by atoms with Gasteiger partial charge in [-0.3, -0.25) is 19.8 Å². The third-order valence-corrected chi connectivity index (χ3v) is 3.73. The first kappa shape index (κ1) is 18.4. The topological polar surface area (TPSA) is 84.7 Å². The van der Waals surface area contributed by atoms with Gasteiger partial charge in [-0.1, -0.05) is 37.3 Å². The van der Waals surface area contributed by atoms with Crippen LogP contribution in [0.4, 0.5) is 11.4 Å². The second-order valence-electron chi connectivity index (χ2n) is 5.48. The van der Waals surface area contributed by atoms with Gasteiger partial charge in [0, 0.05) is 12.6 Å². The number of rotatable bonds is 8. The third-order valence-electron chi connectivity index (χ3n) is 3.73. The van der Waals surface area contributed by atoms with Gasteiger partial charge in [0.25, 0.3) is 5.69 Å². The minimum atomic E-state index is -0.507. The van der Waals surface area contributed by atoms with E-state index in [1.54, 1.807) is 0 Å². The highest BCUT2D eigenvalue weighted by atomic mass is 16.6. The van der Waals surface area contributed by atoms with Crippen LogP contribution >= 0.6 is 0 Å². The molecule has 0 atom stereocenters. The Morgan fingerprint density at radius 3 is 2.56 bits per heavy atom. The van der Waals surface area contributed by atoms with Crippen LogP contribution in [0, 0.1) is 10.1 Å². The number of nitrogens with zero attached hydrogens (tertiary/aromatic N) is 2. The number of amides is 1. The van der Waals surface area contributed by atoms with E-state index in [1.807, 2.05) is 42.2 Å². The minimum Gasteiger partial charge on any atom is -0.494 e. The molecular formula is C18H21N3O4. The molecule has 0 aliphatic heterocycles. The predicted octanol–water partition coefficient (Wildman–Crippen LogP) is 3.06. The summed E-state index contributed by atoms with van der Waals surface area (Å²) in [5, 5.41) is 13.6. The molecule has 0 saturated carbocycles. The number of hydrogen-bond acceptors (Lipinski definition) is 5. The zero-order valence-electron chi connectivity index (χ0n) is 14.3. The molecule has 0 aliphatic carbocycles. The number of likely N-dealkylation sites (N-methyl/N-ethyl adjacent to an activating group) is 1. The molecule has 0 fully saturated rings. The fraction of sp³-hybridized carbons (Fsp3) is 0.278. The lowest BCUT2D eigenvalue weighted by molar-refractivity contribution is -0.384. The Kier molecular flexibility index (Phi) is 6.47. The van der Waals surface area contributed by atoms with Crippen molar-refractivity contribution in [2.75, 3.05) is 25.5 Å².